The molecule has 0 aliphatic heterocycles. The Morgan fingerprint density at radius 1 is 0.500 bits per heavy atom. The molecule has 2 unspecified atom stereocenters. The van der Waals surface area contributed by atoms with Crippen LogP contribution < -0.4 is 6.64 Å². The van der Waals surface area contributed by atoms with Gasteiger partial charge in [0, 0.05) is 0 Å². The summed E-state index contributed by atoms with van der Waals surface area (Å²) in [4.78, 5) is 0. The molecule has 0 fully saturated rings. The van der Waals surface area contributed by atoms with Gasteiger partial charge in [-0.1, -0.05) is 0 Å². The minimum atomic E-state index is -4.78. The van der Waals surface area contributed by atoms with Crippen LogP contribution in [0, 0.1) is 0 Å². The Balaban J connectivity index is 0.00000260. The number of halogens is 2. The summed E-state index contributed by atoms with van der Waals surface area (Å²) < 4.78 is 3.97. The Hall–Kier alpha value is -1.97. The number of fused-ring (bicyclic) bond motifs is 2. The summed E-state index contributed by atoms with van der Waals surface area (Å²) >= 11 is -4.78. The molecule has 0 saturated heterocycles. The van der Waals surface area contributed by atoms with Gasteiger partial charge in [0.25, 0.3) is 0 Å². The van der Waals surface area contributed by atoms with Crippen molar-refractivity contribution >= 4 is 50.5 Å². The summed E-state index contributed by atoms with van der Waals surface area (Å²) in [7, 11) is 0. The van der Waals surface area contributed by atoms with E-state index < -0.39 is 17.1 Å². The molecule has 0 nitrogen and oxygen atoms in total. The number of rotatable bonds is 8. The molecule has 0 spiro atoms. The second-order valence-electron chi connectivity index (χ2n) is 15.9. The van der Waals surface area contributed by atoms with E-state index in [1.54, 1.807) is 28.9 Å². The Morgan fingerprint density at radius 2 is 0.833 bits per heavy atom. The molecule has 4 aromatic rings. The summed E-state index contributed by atoms with van der Waals surface area (Å²) in [5.74, 6) is 1.91. The zero-order valence-corrected chi connectivity index (χ0v) is 37.4. The third-order valence-electron chi connectivity index (χ3n) is 11.6. The molecule has 0 heterocycles. The fraction of sp³-hybridized carbons (Fsp3) is 0.364. The van der Waals surface area contributed by atoms with Crippen molar-refractivity contribution in [2.24, 2.45) is 0 Å². The summed E-state index contributed by atoms with van der Waals surface area (Å²) in [5, 5.41) is 0. The van der Waals surface area contributed by atoms with E-state index in [9.17, 15) is 0 Å². The van der Waals surface area contributed by atoms with Gasteiger partial charge in [-0.2, -0.15) is 0 Å². The number of benzene rings is 4. The smallest absolute Gasteiger partial charge is 0.147 e. The quantitative estimate of drug-likeness (QED) is 0.155. The predicted octanol–water partition coefficient (Wildman–Crippen LogP) is 11.5. The van der Waals surface area contributed by atoms with E-state index in [2.05, 4.69) is 173 Å². The SMILES string of the molecule is CC1=Cc2c(C(C)C)cc(C(C)C)cc2[CH]1[Hf](=[SiH2])([c]1ccccc1)([c]1ccccc1)[CH]1C(C)=Cc2c(C(C)C)cc(C(C)C)cc21.Cl.Cl. The average molecular weight is 862 g/mol. The van der Waals surface area contributed by atoms with E-state index in [1.807, 2.05) is 0 Å². The molecule has 0 bridgehead atoms. The second kappa shape index (κ2) is 14.3. The first-order valence-electron chi connectivity index (χ1n) is 17.6. The zero-order valence-electron chi connectivity index (χ0n) is 30.7. The Bertz CT molecular complexity index is 1790. The van der Waals surface area contributed by atoms with Crippen molar-refractivity contribution in [2.75, 3.05) is 0 Å². The minimum Gasteiger partial charge on any atom is -0.147 e. The summed E-state index contributed by atoms with van der Waals surface area (Å²) in [6.45, 7) is 26.4. The molecule has 4 aromatic carbocycles. The van der Waals surface area contributed by atoms with Crippen LogP contribution in [0.15, 0.2) is 96.1 Å². The van der Waals surface area contributed by atoms with Crippen LogP contribution in [0.3, 0.4) is 0 Å². The van der Waals surface area contributed by atoms with Gasteiger partial charge in [0.1, 0.15) is 0 Å². The molecule has 2 atom stereocenters. The molecule has 0 saturated carbocycles. The summed E-state index contributed by atoms with van der Waals surface area (Å²) in [6, 6.07) is 34.1. The zero-order chi connectivity index (χ0) is 33.2. The molecule has 0 aromatic heterocycles. The molecule has 0 radical (unpaired) electrons. The van der Waals surface area contributed by atoms with Gasteiger partial charge >= 0.3 is 284 Å². The maximum Gasteiger partial charge on any atom is -0.147 e. The van der Waals surface area contributed by atoms with E-state index >= 15 is 0 Å². The van der Waals surface area contributed by atoms with Gasteiger partial charge in [0.15, 0.2) is 0 Å². The van der Waals surface area contributed by atoms with Gasteiger partial charge in [-0.05, 0) is 0 Å². The molecule has 4 heteroatoms. The van der Waals surface area contributed by atoms with Crippen molar-refractivity contribution in [2.45, 2.75) is 100 Å². The van der Waals surface area contributed by atoms with Gasteiger partial charge in [0.05, 0.1) is 0 Å². The molecule has 6 rings (SSSR count). The first-order valence-corrected chi connectivity index (χ1v) is 33.7. The Morgan fingerprint density at radius 3 is 1.12 bits per heavy atom. The van der Waals surface area contributed by atoms with E-state index in [0.29, 0.717) is 31.0 Å². The standard InChI is InChI=1S/2C16H21.2C6H5.2ClH.Hf.H2Si/c2*1-10(2)13-8-14-6-12(5)7-16(14)15(9-13)11(3)4;2*1-2-4-6-5-3-1;;;;/h2*6-11H,1-5H3;2*1-5H;2*1H;;1H2. The van der Waals surface area contributed by atoms with Crippen LogP contribution in [0.1, 0.15) is 145 Å². The third-order valence-corrected chi connectivity index (χ3v) is 52.2. The molecule has 2 aliphatic carbocycles. The molecule has 2 aliphatic rings. The summed E-state index contributed by atoms with van der Waals surface area (Å²) in [5.41, 5.74) is 15.3. The van der Waals surface area contributed by atoms with Crippen LogP contribution in [0.5, 0.6) is 0 Å². The van der Waals surface area contributed by atoms with Crippen LogP contribution >= 0.6 is 24.8 Å². The van der Waals surface area contributed by atoms with Crippen LogP contribution in [-0.4, -0.2) is 6.94 Å². The maximum absolute atomic E-state index is 4.78. The van der Waals surface area contributed by atoms with Gasteiger partial charge in [0.2, 0.25) is 0 Å². The van der Waals surface area contributed by atoms with Gasteiger partial charge in [-0.25, -0.2) is 0 Å². The van der Waals surface area contributed by atoms with Crippen molar-refractivity contribution in [3.05, 3.63) is 141 Å². The fourth-order valence-electron chi connectivity index (χ4n) is 9.41. The maximum atomic E-state index is 2.64. The average Bonchev–Trinajstić information content (AvgIpc) is 3.56. The third kappa shape index (κ3) is 5.85. The first kappa shape index (κ1) is 38.8. The molecule has 48 heavy (non-hydrogen) atoms. The van der Waals surface area contributed by atoms with E-state index in [4.69, 9.17) is 0 Å². The monoisotopic (exact) mass is 862 g/mol. The Labute approximate surface area is 306 Å². The van der Waals surface area contributed by atoms with Crippen LogP contribution in [0.25, 0.3) is 12.2 Å². The van der Waals surface area contributed by atoms with Crippen LogP contribution in [-0.2, 0) is 17.1 Å². The van der Waals surface area contributed by atoms with E-state index in [-0.39, 0.29) is 24.8 Å². The van der Waals surface area contributed by atoms with Gasteiger partial charge in [-0.3, -0.25) is 0 Å². The molecule has 254 valence electrons. The van der Waals surface area contributed by atoms with E-state index in [1.165, 1.54) is 33.4 Å². The predicted molar refractivity (Wildman–Crippen MR) is 217 cm³/mol. The number of allylic oxidation sites excluding steroid dienone is 2. The fourth-order valence-corrected chi connectivity index (χ4v) is 51.3. The molecule has 0 amide bonds. The number of hydrogen-bond acceptors (Lipinski definition) is 0. The second-order valence-corrected chi connectivity index (χ2v) is 48.3. The topological polar surface area (TPSA) is 0 Å². The van der Waals surface area contributed by atoms with Gasteiger partial charge < -0.3 is 0 Å². The van der Waals surface area contributed by atoms with E-state index in [0.717, 1.165) is 0 Å². The largest absolute Gasteiger partial charge is 0.147 e. The first-order chi connectivity index (χ1) is 21.8. The van der Waals surface area contributed by atoms with Crippen molar-refractivity contribution in [1.29, 1.82) is 0 Å². The van der Waals surface area contributed by atoms with Gasteiger partial charge in [-0.15, -0.1) is 24.8 Å². The summed E-state index contributed by atoms with van der Waals surface area (Å²) in [6.07, 6.45) is 5.21. The Kier molecular flexibility index (Phi) is 11.6. The molecule has 0 N–H and O–H groups in total. The van der Waals surface area contributed by atoms with Crippen LogP contribution in [0.4, 0.5) is 0 Å². The van der Waals surface area contributed by atoms with Crippen molar-refractivity contribution < 1.29 is 17.1 Å². The molecular formula is C44H56Cl2HfSi. The minimum absolute atomic E-state index is 0. The number of hydrogen-bond donors (Lipinski definition) is 0. The normalized spacial score (nSPS) is 17.2. The molecular weight excluding hydrogens is 806 g/mol. The van der Waals surface area contributed by atoms with Crippen molar-refractivity contribution in [3.63, 3.8) is 0 Å². The van der Waals surface area contributed by atoms with Crippen molar-refractivity contribution in [1.82, 2.24) is 0 Å². The van der Waals surface area contributed by atoms with Crippen molar-refractivity contribution in [3.8, 4) is 0 Å². The van der Waals surface area contributed by atoms with Crippen LogP contribution in [0.2, 0.25) is 0 Å².